The van der Waals surface area contributed by atoms with E-state index in [0.29, 0.717) is 17.5 Å². The molecule has 0 N–H and O–H groups in total. The number of rotatable bonds is 4. The normalized spacial score (nSPS) is 21.1. The van der Waals surface area contributed by atoms with Gasteiger partial charge in [0.1, 0.15) is 0 Å². The first kappa shape index (κ1) is 35.3. The van der Waals surface area contributed by atoms with E-state index in [9.17, 15) is 0 Å². The monoisotopic (exact) mass is 904 g/mol. The predicted octanol–water partition coefficient (Wildman–Crippen LogP) is 12.1. The molecule has 2 atom stereocenters. The quantitative estimate of drug-likeness (QED) is 0.165. The third-order valence-corrected chi connectivity index (χ3v) is 13.9. The average Bonchev–Trinajstić information content (AvgIpc) is 3.82. The maximum atomic E-state index is 5.23. The summed E-state index contributed by atoms with van der Waals surface area (Å²) in [5.41, 5.74) is 18.4. The van der Waals surface area contributed by atoms with Crippen molar-refractivity contribution in [3.8, 4) is 67.7 Å². The van der Waals surface area contributed by atoms with Gasteiger partial charge in [-0.3, -0.25) is 0 Å². The van der Waals surface area contributed by atoms with E-state index in [1.54, 1.807) is 0 Å². The Morgan fingerprint density at radius 2 is 0.964 bits per heavy atom. The third kappa shape index (κ3) is 4.93. The molecule has 1 fully saturated rings. The van der Waals surface area contributed by atoms with Crippen molar-refractivity contribution in [3.63, 3.8) is 0 Å². The molecule has 0 amide bonds. The van der Waals surface area contributed by atoms with E-state index in [1.165, 1.54) is 74.9 Å². The van der Waals surface area contributed by atoms with Crippen molar-refractivity contribution < 1.29 is 20.1 Å². The maximum Gasteiger partial charge on any atom is 0.165 e. The van der Waals surface area contributed by atoms with Crippen LogP contribution in [0.2, 0.25) is 0 Å². The van der Waals surface area contributed by atoms with Crippen molar-refractivity contribution in [2.45, 2.75) is 82.5 Å². The topological polar surface area (TPSA) is 51.6 Å². The summed E-state index contributed by atoms with van der Waals surface area (Å²) in [6.45, 7) is 14.1. The van der Waals surface area contributed by atoms with Gasteiger partial charge in [0.05, 0.1) is 0 Å². The zero-order chi connectivity index (χ0) is 37.5. The van der Waals surface area contributed by atoms with Gasteiger partial charge in [-0.05, 0) is 86.0 Å². The molecule has 56 heavy (non-hydrogen) atoms. The number of hydrogen-bond donors (Lipinski definition) is 0. The van der Waals surface area contributed by atoms with Gasteiger partial charge in [-0.15, -0.1) is 34.9 Å². The Morgan fingerprint density at radius 1 is 0.482 bits per heavy atom. The Balaban J connectivity index is 0.00000384. The van der Waals surface area contributed by atoms with Gasteiger partial charge in [0.15, 0.2) is 17.5 Å². The third-order valence-electron chi connectivity index (χ3n) is 13.9. The van der Waals surface area contributed by atoms with Crippen LogP contribution in [0.5, 0.6) is 0 Å². The largest absolute Gasteiger partial charge is 0.304 e. The van der Waals surface area contributed by atoms with E-state index in [0.717, 1.165) is 27.9 Å². The molecule has 0 saturated heterocycles. The van der Waals surface area contributed by atoms with Crippen molar-refractivity contribution in [2.24, 2.45) is 0 Å². The van der Waals surface area contributed by atoms with Gasteiger partial charge in [0.2, 0.25) is 0 Å². The molecule has 4 nitrogen and oxygen atoms in total. The molecule has 4 aliphatic carbocycles. The minimum atomic E-state index is -0.135. The van der Waals surface area contributed by atoms with E-state index in [4.69, 9.17) is 19.9 Å². The van der Waals surface area contributed by atoms with Crippen molar-refractivity contribution in [1.82, 2.24) is 19.9 Å². The van der Waals surface area contributed by atoms with Gasteiger partial charge in [0.25, 0.3) is 0 Å². The Morgan fingerprint density at radius 3 is 1.50 bits per heavy atom. The summed E-state index contributed by atoms with van der Waals surface area (Å²) < 4.78 is 0. The minimum Gasteiger partial charge on any atom is -0.304 e. The molecule has 0 aliphatic heterocycles. The van der Waals surface area contributed by atoms with Crippen LogP contribution in [0.1, 0.15) is 94.2 Å². The molecule has 2 heterocycles. The fourth-order valence-electron chi connectivity index (χ4n) is 10.8. The van der Waals surface area contributed by atoms with Crippen molar-refractivity contribution in [1.29, 1.82) is 0 Å². The summed E-state index contributed by atoms with van der Waals surface area (Å²) in [7, 11) is 0. The van der Waals surface area contributed by atoms with Crippen LogP contribution in [0, 0.1) is 6.07 Å². The second-order valence-corrected chi connectivity index (χ2v) is 18.1. The van der Waals surface area contributed by atoms with Gasteiger partial charge in [0, 0.05) is 53.8 Å². The van der Waals surface area contributed by atoms with E-state index in [1.807, 2.05) is 6.20 Å². The van der Waals surface area contributed by atoms with E-state index >= 15 is 0 Å². The number of benzene rings is 5. The van der Waals surface area contributed by atoms with Gasteiger partial charge in [-0.1, -0.05) is 133 Å². The summed E-state index contributed by atoms with van der Waals surface area (Å²) in [6, 6.07) is 43.3. The van der Waals surface area contributed by atoms with Crippen molar-refractivity contribution in [2.75, 3.05) is 0 Å². The fourth-order valence-corrected chi connectivity index (χ4v) is 10.8. The first-order valence-electron chi connectivity index (χ1n) is 19.7. The minimum absolute atomic E-state index is 0. The molecular weight excluding hydrogens is 861 g/mol. The number of nitrogens with zero attached hydrogens (tertiary/aromatic N) is 4. The van der Waals surface area contributed by atoms with Gasteiger partial charge in [-0.25, -0.2) is 15.0 Å². The van der Waals surface area contributed by atoms with Crippen LogP contribution >= 0.6 is 0 Å². The predicted molar refractivity (Wildman–Crippen MR) is 222 cm³/mol. The first-order chi connectivity index (χ1) is 26.4. The smallest absolute Gasteiger partial charge is 0.165 e. The molecule has 7 aromatic rings. The molecular formula is C51H43IrN4-. The summed E-state index contributed by atoms with van der Waals surface area (Å²) in [5.74, 6) is 1.93. The molecule has 1 saturated carbocycles. The number of hydrogen-bond acceptors (Lipinski definition) is 4. The Labute approximate surface area is 343 Å². The summed E-state index contributed by atoms with van der Waals surface area (Å²) in [5, 5.41) is 0. The first-order valence-corrected chi connectivity index (χ1v) is 19.7. The molecule has 2 bridgehead atoms. The zero-order valence-corrected chi connectivity index (χ0v) is 35.1. The fraction of sp³-hybridized carbons (Fsp3) is 0.255. The SMILES string of the molecule is CC12CCC(C)(C1)c1cc(-c3ccc(-c4nc(-c5ccc6c(c5)C(C)(C)c5ccccc5-6)nc(-c5ccc6c(c5)C(C)(C)c5ccccc5-6)n4)cn3)[c-]cc12.[Ir]. The second kappa shape index (κ2) is 12.0. The molecule has 2 aromatic heterocycles. The summed E-state index contributed by atoms with van der Waals surface area (Å²) in [4.78, 5) is 20.6. The molecule has 2 unspecified atom stereocenters. The molecule has 1 radical (unpaired) electrons. The standard InChI is InChI=1S/C51H43N4.Ir/c1-48(2)38-13-9-7-11-34(38)36-19-15-31(26-41(36)48)45-53-46(32-16-20-37-35-12-8-10-14-39(35)49(3,4)42(37)27-32)55-47(54-45)33-18-22-44(52-28-33)30-17-21-40-43(25-30)51(6)24-23-50(40,5)29-51;/h7-16,18-22,25-28H,23-24,29H2,1-6H3;/q-1;. The molecule has 0 spiro atoms. The van der Waals surface area contributed by atoms with Crippen LogP contribution < -0.4 is 0 Å². The Hall–Kier alpha value is -5.09. The molecule has 11 rings (SSSR count). The zero-order valence-electron chi connectivity index (χ0n) is 32.7. The van der Waals surface area contributed by atoms with Crippen LogP contribution in [0.3, 0.4) is 0 Å². The van der Waals surface area contributed by atoms with Crippen molar-refractivity contribution in [3.05, 3.63) is 155 Å². The van der Waals surface area contributed by atoms with Crippen LogP contribution in [-0.2, 0) is 41.8 Å². The van der Waals surface area contributed by atoms with Gasteiger partial charge < -0.3 is 4.98 Å². The van der Waals surface area contributed by atoms with Gasteiger partial charge >= 0.3 is 0 Å². The average molecular weight is 904 g/mol. The Bertz CT molecular complexity index is 2660. The maximum absolute atomic E-state index is 5.23. The van der Waals surface area contributed by atoms with E-state index in [2.05, 4.69) is 157 Å². The molecule has 277 valence electrons. The summed E-state index contributed by atoms with van der Waals surface area (Å²) in [6.07, 6.45) is 5.66. The number of aromatic nitrogens is 4. The van der Waals surface area contributed by atoms with E-state index < -0.39 is 0 Å². The van der Waals surface area contributed by atoms with Crippen molar-refractivity contribution >= 4 is 0 Å². The van der Waals surface area contributed by atoms with Crippen LogP contribution in [0.15, 0.2) is 115 Å². The van der Waals surface area contributed by atoms with Gasteiger partial charge in [-0.2, -0.15) is 0 Å². The van der Waals surface area contributed by atoms with Crippen LogP contribution in [0.4, 0.5) is 0 Å². The number of pyridine rings is 1. The number of fused-ring (bicyclic) bond motifs is 11. The second-order valence-electron chi connectivity index (χ2n) is 18.1. The van der Waals surface area contributed by atoms with E-state index in [-0.39, 0.29) is 41.8 Å². The van der Waals surface area contributed by atoms with Crippen LogP contribution in [-0.4, -0.2) is 19.9 Å². The molecule has 5 heteroatoms. The van der Waals surface area contributed by atoms with Crippen LogP contribution in [0.25, 0.3) is 67.7 Å². The molecule has 4 aliphatic rings. The Kier molecular flexibility index (Phi) is 7.55. The summed E-state index contributed by atoms with van der Waals surface area (Å²) >= 11 is 0. The molecule has 5 aromatic carbocycles.